The Hall–Kier alpha value is -7.36. The van der Waals surface area contributed by atoms with Gasteiger partial charge in [-0.1, -0.05) is 133 Å². The number of para-hydroxylation sites is 4. The van der Waals surface area contributed by atoms with E-state index < -0.39 is 0 Å². The van der Waals surface area contributed by atoms with E-state index in [-0.39, 0.29) is 0 Å². The van der Waals surface area contributed by atoms with Crippen molar-refractivity contribution in [1.29, 1.82) is 0 Å². The molecule has 242 valence electrons. The molecule has 6 nitrogen and oxygen atoms in total. The molecule has 7 aromatic carbocycles. The second kappa shape index (κ2) is 11.9. The lowest BCUT2D eigenvalue weighted by Crippen LogP contribution is -2.01. The van der Waals surface area contributed by atoms with Crippen molar-refractivity contribution in [3.05, 3.63) is 181 Å². The number of fused-ring (bicyclic) bond motifs is 7. The smallest absolute Gasteiger partial charge is 0.210 e. The zero-order valence-electron chi connectivity index (χ0n) is 27.8. The highest BCUT2D eigenvalue weighted by Crippen LogP contribution is 2.43. The van der Waals surface area contributed by atoms with Crippen LogP contribution in [-0.2, 0) is 0 Å². The van der Waals surface area contributed by atoms with Crippen LogP contribution in [0.2, 0.25) is 0 Å². The van der Waals surface area contributed by atoms with Crippen molar-refractivity contribution in [2.24, 2.45) is 0 Å². The minimum atomic E-state index is 0.604. The van der Waals surface area contributed by atoms with E-state index in [1.54, 1.807) is 0 Å². The number of nitrogens with zero attached hydrogens (tertiary/aromatic N) is 6. The summed E-state index contributed by atoms with van der Waals surface area (Å²) in [5, 5.41) is 4.58. The van der Waals surface area contributed by atoms with E-state index in [0.29, 0.717) is 23.2 Å². The van der Waals surface area contributed by atoms with Crippen LogP contribution in [0.1, 0.15) is 0 Å². The first-order valence-corrected chi connectivity index (χ1v) is 17.2. The molecule has 0 amide bonds. The number of rotatable bonds is 5. The fourth-order valence-corrected chi connectivity index (χ4v) is 7.51. The summed E-state index contributed by atoms with van der Waals surface area (Å²) >= 11 is 0. The van der Waals surface area contributed by atoms with Gasteiger partial charge in [0, 0.05) is 43.9 Å². The maximum absolute atomic E-state index is 7.96. The SMILES string of the molecule is [C-]#[N+]c1ccccc1-n1c2ccccc2c2c1ccc1c3ccccc3n(-c3cccc(-c4nc(-c5ccccc5)nc(-c5ccccc5)n4)c3)c12. The van der Waals surface area contributed by atoms with E-state index in [2.05, 4.69) is 98.9 Å². The molecule has 0 radical (unpaired) electrons. The first-order chi connectivity index (χ1) is 25.8. The second-order valence-electron chi connectivity index (χ2n) is 12.8. The second-order valence-corrected chi connectivity index (χ2v) is 12.8. The first-order valence-electron chi connectivity index (χ1n) is 17.2. The average molecular weight is 665 g/mol. The Morgan fingerprint density at radius 1 is 0.423 bits per heavy atom. The van der Waals surface area contributed by atoms with Crippen LogP contribution < -0.4 is 0 Å². The van der Waals surface area contributed by atoms with E-state index in [4.69, 9.17) is 21.5 Å². The Morgan fingerprint density at radius 2 is 0.981 bits per heavy atom. The molecule has 0 saturated carbocycles. The third kappa shape index (κ3) is 4.61. The fraction of sp³-hybridized carbons (Fsp3) is 0. The Bertz CT molecular complexity index is 2970. The highest BCUT2D eigenvalue weighted by atomic mass is 15.0. The fourth-order valence-electron chi connectivity index (χ4n) is 7.51. The van der Waals surface area contributed by atoms with Crippen LogP contribution in [0.5, 0.6) is 0 Å². The van der Waals surface area contributed by atoms with Gasteiger partial charge in [-0.15, -0.1) is 0 Å². The van der Waals surface area contributed by atoms with Gasteiger partial charge in [-0.25, -0.2) is 19.8 Å². The molecule has 6 heteroatoms. The van der Waals surface area contributed by atoms with Gasteiger partial charge < -0.3 is 9.13 Å². The van der Waals surface area contributed by atoms with Crippen LogP contribution in [-0.4, -0.2) is 24.1 Å². The van der Waals surface area contributed by atoms with E-state index in [1.165, 1.54) is 5.39 Å². The van der Waals surface area contributed by atoms with Gasteiger partial charge in [-0.3, -0.25) is 0 Å². The van der Waals surface area contributed by atoms with Crippen molar-refractivity contribution in [3.63, 3.8) is 0 Å². The molecule has 0 fully saturated rings. The standard InChI is InChI=1S/C46H28N6/c1-47-37-23-10-13-26-40(37)52-39-25-12-9-22-36(39)42-41(52)28-27-35-34-21-8-11-24-38(34)51(43(35)42)33-20-14-19-32(29-33)46-49-44(30-15-4-2-5-16-30)48-45(50-46)31-17-6-3-7-18-31/h2-29H. The summed E-state index contributed by atoms with van der Waals surface area (Å²) in [6.07, 6.45) is 0. The summed E-state index contributed by atoms with van der Waals surface area (Å²) < 4.78 is 4.60. The number of hydrogen-bond acceptors (Lipinski definition) is 3. The van der Waals surface area contributed by atoms with Crippen LogP contribution in [0.15, 0.2) is 170 Å². The third-order valence-electron chi connectivity index (χ3n) is 9.77. The molecular weight excluding hydrogens is 637 g/mol. The van der Waals surface area contributed by atoms with Gasteiger partial charge in [0.15, 0.2) is 17.5 Å². The zero-order valence-corrected chi connectivity index (χ0v) is 27.8. The van der Waals surface area contributed by atoms with Gasteiger partial charge in [0.25, 0.3) is 0 Å². The van der Waals surface area contributed by atoms with Gasteiger partial charge >= 0.3 is 0 Å². The lowest BCUT2D eigenvalue weighted by atomic mass is 10.1. The molecule has 10 aromatic rings. The summed E-state index contributed by atoms with van der Waals surface area (Å²) in [6, 6.07) is 57.9. The molecule has 0 N–H and O–H groups in total. The van der Waals surface area contributed by atoms with Crippen molar-refractivity contribution >= 4 is 49.3 Å². The van der Waals surface area contributed by atoms with Gasteiger partial charge in [-0.05, 0) is 36.4 Å². The summed E-state index contributed by atoms with van der Waals surface area (Å²) in [7, 11) is 0. The Kier molecular flexibility index (Phi) is 6.76. The summed E-state index contributed by atoms with van der Waals surface area (Å²) in [5.41, 5.74) is 9.54. The summed E-state index contributed by atoms with van der Waals surface area (Å²) in [6.45, 7) is 7.96. The quantitative estimate of drug-likeness (QED) is 0.172. The molecule has 0 aliphatic rings. The monoisotopic (exact) mass is 664 g/mol. The number of hydrogen-bond donors (Lipinski definition) is 0. The van der Waals surface area contributed by atoms with Gasteiger partial charge in [-0.2, -0.15) is 0 Å². The highest BCUT2D eigenvalue weighted by molar-refractivity contribution is 6.26. The van der Waals surface area contributed by atoms with E-state index in [9.17, 15) is 0 Å². The van der Waals surface area contributed by atoms with Crippen molar-refractivity contribution in [1.82, 2.24) is 24.1 Å². The molecule has 3 aromatic heterocycles. The van der Waals surface area contributed by atoms with Crippen molar-refractivity contribution < 1.29 is 0 Å². The lowest BCUT2D eigenvalue weighted by Gasteiger charge is -2.12. The lowest BCUT2D eigenvalue weighted by molar-refractivity contribution is 1.07. The minimum Gasteiger partial charge on any atom is -0.319 e. The van der Waals surface area contributed by atoms with Gasteiger partial charge in [0.1, 0.15) is 0 Å². The van der Waals surface area contributed by atoms with E-state index in [1.807, 2.05) is 84.9 Å². The topological polar surface area (TPSA) is 52.9 Å². The Labute approximate surface area is 299 Å². The molecule has 0 saturated heterocycles. The number of aromatic nitrogens is 5. The van der Waals surface area contributed by atoms with Crippen LogP contribution in [0.3, 0.4) is 0 Å². The molecule has 10 rings (SSSR count). The molecule has 0 spiro atoms. The summed E-state index contributed by atoms with van der Waals surface area (Å²) in [4.78, 5) is 18.9. The molecule has 0 unspecified atom stereocenters. The average Bonchev–Trinajstić information content (AvgIpc) is 3.74. The predicted octanol–water partition coefficient (Wildman–Crippen LogP) is 11.6. The molecular formula is C46H28N6. The minimum absolute atomic E-state index is 0.604. The maximum atomic E-state index is 7.96. The molecule has 3 heterocycles. The molecule has 52 heavy (non-hydrogen) atoms. The molecule has 0 aliphatic carbocycles. The predicted molar refractivity (Wildman–Crippen MR) is 211 cm³/mol. The van der Waals surface area contributed by atoms with Gasteiger partial charge in [0.2, 0.25) is 5.69 Å². The summed E-state index contributed by atoms with van der Waals surface area (Å²) in [5.74, 6) is 1.86. The third-order valence-corrected chi connectivity index (χ3v) is 9.77. The molecule has 0 atom stereocenters. The van der Waals surface area contributed by atoms with Crippen LogP contribution in [0.4, 0.5) is 5.69 Å². The van der Waals surface area contributed by atoms with E-state index >= 15 is 0 Å². The number of benzene rings is 7. The van der Waals surface area contributed by atoms with Gasteiger partial charge in [0.05, 0.1) is 34.3 Å². The Morgan fingerprint density at radius 3 is 1.67 bits per heavy atom. The van der Waals surface area contributed by atoms with Crippen LogP contribution in [0, 0.1) is 6.57 Å². The Balaban J connectivity index is 1.26. The first kappa shape index (κ1) is 29.5. The molecule has 0 bridgehead atoms. The highest BCUT2D eigenvalue weighted by Gasteiger charge is 2.22. The maximum Gasteiger partial charge on any atom is 0.210 e. The normalized spacial score (nSPS) is 11.4. The molecule has 0 aliphatic heterocycles. The van der Waals surface area contributed by atoms with E-state index in [0.717, 1.165) is 66.3 Å². The van der Waals surface area contributed by atoms with Crippen molar-refractivity contribution in [3.8, 4) is 45.5 Å². The van der Waals surface area contributed by atoms with Crippen molar-refractivity contribution in [2.45, 2.75) is 0 Å². The largest absolute Gasteiger partial charge is 0.319 e. The van der Waals surface area contributed by atoms with Crippen LogP contribution in [0.25, 0.3) is 94.0 Å². The zero-order chi connectivity index (χ0) is 34.6. The van der Waals surface area contributed by atoms with Crippen LogP contribution >= 0.6 is 0 Å². The van der Waals surface area contributed by atoms with Crippen molar-refractivity contribution in [2.75, 3.05) is 0 Å².